The Bertz CT molecular complexity index is 1360. The van der Waals surface area contributed by atoms with Gasteiger partial charge < -0.3 is 5.32 Å². The van der Waals surface area contributed by atoms with Gasteiger partial charge in [-0.05, 0) is 60.7 Å². The highest BCUT2D eigenvalue weighted by Crippen LogP contribution is 2.12. The van der Waals surface area contributed by atoms with Crippen LogP contribution in [0.3, 0.4) is 0 Å². The highest BCUT2D eigenvalue weighted by atomic mass is 19.1. The molecule has 0 fully saturated rings. The van der Waals surface area contributed by atoms with Gasteiger partial charge in [0.25, 0.3) is 5.56 Å². The molecule has 0 spiro atoms. The van der Waals surface area contributed by atoms with E-state index in [2.05, 4.69) is 5.32 Å². The smallest absolute Gasteiger partial charge is 0.325 e. The Balaban J connectivity index is 1.81. The fourth-order valence-electron chi connectivity index (χ4n) is 3.17. The number of nitrogens with one attached hydrogen (secondary N) is 1. The Labute approximate surface area is 168 Å². The van der Waals surface area contributed by atoms with Gasteiger partial charge in [0.05, 0.1) is 16.6 Å². The van der Waals surface area contributed by atoms with Crippen molar-refractivity contribution in [3.05, 3.63) is 105 Å². The summed E-state index contributed by atoms with van der Waals surface area (Å²) in [5.41, 5.74) is -0.465. The first-order valence-electron chi connectivity index (χ1n) is 9.00. The number of rotatable bonds is 4. The molecule has 30 heavy (non-hydrogen) atoms. The Morgan fingerprint density at radius 3 is 2.10 bits per heavy atom. The van der Waals surface area contributed by atoms with Crippen LogP contribution in [0.5, 0.6) is 0 Å². The van der Waals surface area contributed by atoms with E-state index in [9.17, 15) is 23.2 Å². The molecule has 1 amide bonds. The van der Waals surface area contributed by atoms with Crippen LogP contribution in [0.15, 0.2) is 82.4 Å². The number of benzene rings is 3. The topological polar surface area (TPSA) is 73.1 Å². The summed E-state index contributed by atoms with van der Waals surface area (Å²) in [5.74, 6) is -1.48. The van der Waals surface area contributed by atoms with E-state index >= 15 is 0 Å². The van der Waals surface area contributed by atoms with Crippen LogP contribution in [-0.4, -0.2) is 15.0 Å². The average Bonchev–Trinajstić information content (AvgIpc) is 2.74. The minimum atomic E-state index is -0.737. The molecule has 0 unspecified atom stereocenters. The van der Waals surface area contributed by atoms with Gasteiger partial charge in [-0.2, -0.15) is 0 Å². The second kappa shape index (κ2) is 7.75. The molecule has 1 N–H and O–H groups in total. The number of fused-ring (bicyclic) bond motifs is 1. The number of carbonyl (C=O) groups is 1. The van der Waals surface area contributed by atoms with Crippen LogP contribution in [-0.2, 0) is 11.3 Å². The molecule has 150 valence electrons. The van der Waals surface area contributed by atoms with E-state index in [1.807, 2.05) is 0 Å². The molecule has 1 heterocycles. The Hall–Kier alpha value is -4.07. The molecule has 0 saturated carbocycles. The van der Waals surface area contributed by atoms with Gasteiger partial charge in [0, 0.05) is 5.69 Å². The highest BCUT2D eigenvalue weighted by molar-refractivity contribution is 5.91. The summed E-state index contributed by atoms with van der Waals surface area (Å²) >= 11 is 0. The summed E-state index contributed by atoms with van der Waals surface area (Å²) < 4.78 is 28.4. The third-order valence-electron chi connectivity index (χ3n) is 4.57. The fraction of sp³-hybridized carbons (Fsp3) is 0.0455. The van der Waals surface area contributed by atoms with Crippen LogP contribution < -0.4 is 16.6 Å². The second-order valence-electron chi connectivity index (χ2n) is 6.56. The molecular formula is C22H15F2N3O3. The van der Waals surface area contributed by atoms with Crippen LogP contribution in [0.4, 0.5) is 14.5 Å². The van der Waals surface area contributed by atoms with Gasteiger partial charge in [-0.15, -0.1) is 0 Å². The standard InChI is InChI=1S/C22H15F2N3O3/c23-14-5-9-16(10-6-14)25-20(28)13-26-19-4-2-1-3-18(19)21(29)27(22(26)30)17-11-7-15(24)8-12-17/h1-12H,13H2,(H,25,28). The lowest BCUT2D eigenvalue weighted by Crippen LogP contribution is -2.40. The highest BCUT2D eigenvalue weighted by Gasteiger charge is 2.16. The first-order valence-corrected chi connectivity index (χ1v) is 9.00. The van der Waals surface area contributed by atoms with Crippen molar-refractivity contribution in [3.63, 3.8) is 0 Å². The van der Waals surface area contributed by atoms with Crippen LogP contribution in [0.2, 0.25) is 0 Å². The van der Waals surface area contributed by atoms with Gasteiger partial charge in [-0.3, -0.25) is 14.2 Å². The average molecular weight is 407 g/mol. The molecule has 0 radical (unpaired) electrons. The zero-order chi connectivity index (χ0) is 21.3. The number of amides is 1. The van der Waals surface area contributed by atoms with Crippen molar-refractivity contribution < 1.29 is 13.6 Å². The lowest BCUT2D eigenvalue weighted by atomic mass is 10.2. The van der Waals surface area contributed by atoms with Crippen LogP contribution in [0.25, 0.3) is 16.6 Å². The number of hydrogen-bond acceptors (Lipinski definition) is 3. The molecule has 0 aliphatic rings. The third kappa shape index (κ3) is 3.62. The number of carbonyl (C=O) groups excluding carboxylic acids is 1. The van der Waals surface area contributed by atoms with Crippen molar-refractivity contribution in [3.8, 4) is 5.69 Å². The Morgan fingerprint density at radius 1 is 0.833 bits per heavy atom. The lowest BCUT2D eigenvalue weighted by Gasteiger charge is -2.14. The van der Waals surface area contributed by atoms with E-state index in [0.717, 1.165) is 16.7 Å². The van der Waals surface area contributed by atoms with Crippen LogP contribution in [0.1, 0.15) is 0 Å². The summed E-state index contributed by atoms with van der Waals surface area (Å²) in [4.78, 5) is 38.6. The minimum Gasteiger partial charge on any atom is -0.325 e. The molecule has 1 aromatic heterocycles. The first-order chi connectivity index (χ1) is 14.4. The molecule has 0 saturated heterocycles. The number of anilines is 1. The molecule has 8 heteroatoms. The Morgan fingerprint density at radius 2 is 1.43 bits per heavy atom. The van der Waals surface area contributed by atoms with Crippen molar-refractivity contribution in [1.82, 2.24) is 9.13 Å². The summed E-state index contributed by atoms with van der Waals surface area (Å²) in [6.45, 7) is -0.377. The van der Waals surface area contributed by atoms with E-state index in [1.54, 1.807) is 24.3 Å². The quantitative estimate of drug-likeness (QED) is 0.565. The largest absolute Gasteiger partial charge is 0.336 e. The molecule has 4 aromatic rings. The van der Waals surface area contributed by atoms with Crippen LogP contribution >= 0.6 is 0 Å². The monoisotopic (exact) mass is 407 g/mol. The predicted octanol–water partition coefficient (Wildman–Crippen LogP) is 3.07. The third-order valence-corrected chi connectivity index (χ3v) is 4.57. The first kappa shape index (κ1) is 19.3. The van der Waals surface area contributed by atoms with E-state index in [-0.39, 0.29) is 17.6 Å². The number of nitrogens with zero attached hydrogens (tertiary/aromatic N) is 2. The number of hydrogen-bond donors (Lipinski definition) is 1. The molecular weight excluding hydrogens is 392 g/mol. The van der Waals surface area contributed by atoms with Crippen molar-refractivity contribution in [2.45, 2.75) is 6.54 Å². The molecule has 0 aliphatic carbocycles. The SMILES string of the molecule is O=C(Cn1c(=O)n(-c2ccc(F)cc2)c(=O)c2ccccc21)Nc1ccc(F)cc1. The van der Waals surface area contributed by atoms with Crippen LogP contribution in [0, 0.1) is 11.6 Å². The second-order valence-corrected chi connectivity index (χ2v) is 6.56. The van der Waals surface area contributed by atoms with Crippen molar-refractivity contribution in [1.29, 1.82) is 0 Å². The fourth-order valence-corrected chi connectivity index (χ4v) is 3.17. The molecule has 0 aliphatic heterocycles. The maximum atomic E-state index is 13.3. The van der Waals surface area contributed by atoms with Gasteiger partial charge in [0.15, 0.2) is 0 Å². The number of para-hydroxylation sites is 1. The molecule has 0 bridgehead atoms. The maximum Gasteiger partial charge on any atom is 0.336 e. The summed E-state index contributed by atoms with van der Waals surface area (Å²) in [5, 5.41) is 2.82. The lowest BCUT2D eigenvalue weighted by molar-refractivity contribution is -0.116. The number of halogens is 2. The maximum absolute atomic E-state index is 13.3. The van der Waals surface area contributed by atoms with E-state index in [4.69, 9.17) is 0 Å². The summed E-state index contributed by atoms with van der Waals surface area (Å²) in [6.07, 6.45) is 0. The molecule has 3 aromatic carbocycles. The van der Waals surface area contributed by atoms with Crippen molar-refractivity contribution in [2.75, 3.05) is 5.32 Å². The van der Waals surface area contributed by atoms with Gasteiger partial charge in [0.2, 0.25) is 5.91 Å². The van der Waals surface area contributed by atoms with Gasteiger partial charge >= 0.3 is 5.69 Å². The summed E-state index contributed by atoms with van der Waals surface area (Å²) in [6, 6.07) is 16.5. The Kier molecular flexibility index (Phi) is 4.97. The zero-order valence-corrected chi connectivity index (χ0v) is 15.5. The minimum absolute atomic E-state index is 0.185. The van der Waals surface area contributed by atoms with Gasteiger partial charge in [0.1, 0.15) is 18.2 Å². The van der Waals surface area contributed by atoms with Crippen molar-refractivity contribution >= 4 is 22.5 Å². The van der Waals surface area contributed by atoms with Crippen molar-refractivity contribution in [2.24, 2.45) is 0 Å². The molecule has 6 nitrogen and oxygen atoms in total. The van der Waals surface area contributed by atoms with Gasteiger partial charge in [-0.25, -0.2) is 18.1 Å². The normalized spacial score (nSPS) is 10.9. The zero-order valence-electron chi connectivity index (χ0n) is 15.5. The predicted molar refractivity (Wildman–Crippen MR) is 109 cm³/mol. The molecule has 0 atom stereocenters. The van der Waals surface area contributed by atoms with E-state index < -0.39 is 28.8 Å². The summed E-state index contributed by atoms with van der Waals surface area (Å²) in [7, 11) is 0. The van der Waals surface area contributed by atoms with E-state index in [0.29, 0.717) is 11.2 Å². The molecule has 4 rings (SSSR count). The van der Waals surface area contributed by atoms with Gasteiger partial charge in [-0.1, -0.05) is 12.1 Å². The number of aromatic nitrogens is 2. The van der Waals surface area contributed by atoms with E-state index in [1.165, 1.54) is 41.0 Å².